The van der Waals surface area contributed by atoms with E-state index in [1.165, 1.54) is 20.3 Å². The monoisotopic (exact) mass is 290 g/mol. The Morgan fingerprint density at radius 2 is 1.90 bits per heavy atom. The lowest BCUT2D eigenvalue weighted by atomic mass is 10.1. The number of nitrogens with one attached hydrogen (secondary N) is 1. The minimum atomic E-state index is -0.568. The Kier molecular flexibility index (Phi) is 4.27. The van der Waals surface area contributed by atoms with Crippen molar-refractivity contribution in [1.82, 2.24) is 0 Å². The molecule has 6 heteroatoms. The van der Waals surface area contributed by atoms with Crippen LogP contribution in [0.15, 0.2) is 36.4 Å². The molecule has 3 N–H and O–H groups in total. The zero-order chi connectivity index (χ0) is 15.4. The number of rotatable bonds is 4. The number of carbonyl (C=O) groups is 1. The van der Waals surface area contributed by atoms with Gasteiger partial charge in [0.05, 0.1) is 19.9 Å². The Balaban J connectivity index is 2.26. The molecule has 0 aliphatic carbocycles. The molecule has 0 spiro atoms. The van der Waals surface area contributed by atoms with E-state index in [1.54, 1.807) is 18.2 Å². The minimum absolute atomic E-state index is 0.130. The fraction of sp³-hybridized carbons (Fsp3) is 0.133. The molecule has 2 aromatic rings. The van der Waals surface area contributed by atoms with Crippen molar-refractivity contribution in [3.05, 3.63) is 47.8 Å². The van der Waals surface area contributed by atoms with Crippen LogP contribution >= 0.6 is 0 Å². The van der Waals surface area contributed by atoms with Crippen molar-refractivity contribution in [2.75, 3.05) is 25.3 Å². The van der Waals surface area contributed by atoms with E-state index in [1.807, 2.05) is 0 Å². The van der Waals surface area contributed by atoms with Gasteiger partial charge in [-0.2, -0.15) is 0 Å². The van der Waals surface area contributed by atoms with Gasteiger partial charge in [0.1, 0.15) is 17.3 Å². The summed E-state index contributed by atoms with van der Waals surface area (Å²) in [5, 5.41) is 2.64. The third kappa shape index (κ3) is 3.42. The van der Waals surface area contributed by atoms with Gasteiger partial charge in [0.25, 0.3) is 5.91 Å². The van der Waals surface area contributed by atoms with Crippen molar-refractivity contribution < 1.29 is 18.7 Å². The highest BCUT2D eigenvalue weighted by Gasteiger charge is 2.12. The number of methoxy groups -OCH3 is 2. The van der Waals surface area contributed by atoms with E-state index < -0.39 is 11.7 Å². The van der Waals surface area contributed by atoms with Gasteiger partial charge in [0.2, 0.25) is 0 Å². The molecule has 0 saturated carbocycles. The lowest BCUT2D eigenvalue weighted by Gasteiger charge is -2.12. The van der Waals surface area contributed by atoms with Gasteiger partial charge >= 0.3 is 0 Å². The van der Waals surface area contributed by atoms with Gasteiger partial charge in [-0.05, 0) is 30.3 Å². The Morgan fingerprint density at radius 1 is 1.14 bits per heavy atom. The number of hydrogen-bond acceptors (Lipinski definition) is 4. The largest absolute Gasteiger partial charge is 0.497 e. The van der Waals surface area contributed by atoms with E-state index in [2.05, 4.69) is 5.32 Å². The SMILES string of the molecule is COc1ccc(NC(=O)c2cc(N)cc(F)c2)c(OC)c1. The van der Waals surface area contributed by atoms with Gasteiger partial charge < -0.3 is 20.5 Å². The predicted octanol–water partition coefficient (Wildman–Crippen LogP) is 2.68. The number of amides is 1. The van der Waals surface area contributed by atoms with Gasteiger partial charge in [-0.25, -0.2) is 4.39 Å². The summed E-state index contributed by atoms with van der Waals surface area (Å²) in [6.45, 7) is 0. The van der Waals surface area contributed by atoms with Gasteiger partial charge in [-0.15, -0.1) is 0 Å². The molecule has 0 unspecified atom stereocenters. The van der Waals surface area contributed by atoms with Crippen LogP contribution in [0.2, 0.25) is 0 Å². The molecule has 0 radical (unpaired) electrons. The number of nitrogens with two attached hydrogens (primary N) is 1. The highest BCUT2D eigenvalue weighted by molar-refractivity contribution is 6.05. The lowest BCUT2D eigenvalue weighted by Crippen LogP contribution is -2.13. The van der Waals surface area contributed by atoms with Crippen LogP contribution in [0, 0.1) is 5.82 Å². The Bertz CT molecular complexity index is 654. The number of ether oxygens (including phenoxy) is 2. The molecule has 21 heavy (non-hydrogen) atoms. The van der Waals surface area contributed by atoms with Crippen molar-refractivity contribution in [2.24, 2.45) is 0 Å². The Labute approximate surface area is 121 Å². The second-order valence-corrected chi connectivity index (χ2v) is 4.29. The normalized spacial score (nSPS) is 10.0. The zero-order valence-electron chi connectivity index (χ0n) is 11.6. The van der Waals surface area contributed by atoms with Crippen LogP contribution in [0.25, 0.3) is 0 Å². The number of halogens is 1. The summed E-state index contributed by atoms with van der Waals surface area (Å²) >= 11 is 0. The summed E-state index contributed by atoms with van der Waals surface area (Å²) in [5.74, 6) is -0.0153. The number of benzene rings is 2. The second-order valence-electron chi connectivity index (χ2n) is 4.29. The van der Waals surface area contributed by atoms with E-state index in [9.17, 15) is 9.18 Å². The summed E-state index contributed by atoms with van der Waals surface area (Å²) in [6.07, 6.45) is 0. The van der Waals surface area contributed by atoms with Crippen LogP contribution in [0.4, 0.5) is 15.8 Å². The average Bonchev–Trinajstić information content (AvgIpc) is 2.46. The molecule has 110 valence electrons. The summed E-state index contributed by atoms with van der Waals surface area (Å²) in [4.78, 5) is 12.1. The van der Waals surface area contributed by atoms with Gasteiger partial charge in [0, 0.05) is 17.3 Å². The van der Waals surface area contributed by atoms with E-state index in [0.717, 1.165) is 12.1 Å². The fourth-order valence-corrected chi connectivity index (χ4v) is 1.84. The maximum atomic E-state index is 13.3. The van der Waals surface area contributed by atoms with Crippen molar-refractivity contribution in [2.45, 2.75) is 0 Å². The molecule has 5 nitrogen and oxygen atoms in total. The van der Waals surface area contributed by atoms with Crippen LogP contribution < -0.4 is 20.5 Å². The summed E-state index contributed by atoms with van der Waals surface area (Å²) in [6, 6.07) is 8.60. The van der Waals surface area contributed by atoms with Crippen LogP contribution in [-0.2, 0) is 0 Å². The molecule has 2 aromatic carbocycles. The van der Waals surface area contributed by atoms with Crippen LogP contribution in [0.1, 0.15) is 10.4 Å². The third-order valence-electron chi connectivity index (χ3n) is 2.84. The molecule has 0 aliphatic heterocycles. The van der Waals surface area contributed by atoms with Crippen LogP contribution in [0.5, 0.6) is 11.5 Å². The molecule has 0 heterocycles. The van der Waals surface area contributed by atoms with Crippen molar-refractivity contribution in [3.63, 3.8) is 0 Å². The number of nitrogen functional groups attached to an aromatic ring is 1. The maximum Gasteiger partial charge on any atom is 0.255 e. The third-order valence-corrected chi connectivity index (χ3v) is 2.84. The molecule has 0 fully saturated rings. The van der Waals surface area contributed by atoms with E-state index >= 15 is 0 Å². The first-order valence-corrected chi connectivity index (χ1v) is 6.13. The Hall–Kier alpha value is -2.76. The molecular formula is C15H15FN2O3. The zero-order valence-corrected chi connectivity index (χ0v) is 11.6. The number of hydrogen-bond donors (Lipinski definition) is 2. The molecule has 0 aromatic heterocycles. The van der Waals surface area contributed by atoms with Crippen molar-refractivity contribution in [1.29, 1.82) is 0 Å². The standard InChI is InChI=1S/C15H15FN2O3/c1-20-12-3-4-13(14(8-12)21-2)18-15(19)9-5-10(16)7-11(17)6-9/h3-8H,17H2,1-2H3,(H,18,19). The minimum Gasteiger partial charge on any atom is -0.497 e. The quantitative estimate of drug-likeness (QED) is 0.849. The average molecular weight is 290 g/mol. The topological polar surface area (TPSA) is 73.6 Å². The fourth-order valence-electron chi connectivity index (χ4n) is 1.84. The van der Waals surface area contributed by atoms with Gasteiger partial charge in [0.15, 0.2) is 0 Å². The molecule has 0 atom stereocenters. The van der Waals surface area contributed by atoms with Gasteiger partial charge in [-0.3, -0.25) is 4.79 Å². The molecular weight excluding hydrogens is 275 g/mol. The molecule has 0 bridgehead atoms. The van der Waals surface area contributed by atoms with E-state index in [4.69, 9.17) is 15.2 Å². The molecule has 1 amide bonds. The highest BCUT2D eigenvalue weighted by atomic mass is 19.1. The number of anilines is 2. The highest BCUT2D eigenvalue weighted by Crippen LogP contribution is 2.29. The first-order chi connectivity index (χ1) is 10.0. The first kappa shape index (κ1) is 14.6. The maximum absolute atomic E-state index is 13.3. The van der Waals surface area contributed by atoms with Crippen molar-refractivity contribution in [3.8, 4) is 11.5 Å². The van der Waals surface area contributed by atoms with Crippen LogP contribution in [-0.4, -0.2) is 20.1 Å². The molecule has 0 saturated heterocycles. The van der Waals surface area contributed by atoms with Gasteiger partial charge in [-0.1, -0.05) is 0 Å². The number of carbonyl (C=O) groups excluding carboxylic acids is 1. The summed E-state index contributed by atoms with van der Waals surface area (Å²) in [7, 11) is 3.01. The predicted molar refractivity (Wildman–Crippen MR) is 78.3 cm³/mol. The van der Waals surface area contributed by atoms with Crippen LogP contribution in [0.3, 0.4) is 0 Å². The lowest BCUT2D eigenvalue weighted by molar-refractivity contribution is 0.102. The molecule has 0 aliphatic rings. The summed E-state index contributed by atoms with van der Waals surface area (Å²) in [5.41, 5.74) is 6.29. The van der Waals surface area contributed by atoms with E-state index in [-0.39, 0.29) is 11.3 Å². The van der Waals surface area contributed by atoms with E-state index in [0.29, 0.717) is 17.2 Å². The summed E-state index contributed by atoms with van der Waals surface area (Å²) < 4.78 is 23.5. The first-order valence-electron chi connectivity index (χ1n) is 6.13. The molecule has 2 rings (SSSR count). The smallest absolute Gasteiger partial charge is 0.255 e. The Morgan fingerprint density at radius 3 is 2.52 bits per heavy atom. The second kappa shape index (κ2) is 6.13. The van der Waals surface area contributed by atoms with Crippen molar-refractivity contribution >= 4 is 17.3 Å².